The highest BCUT2D eigenvalue weighted by atomic mass is 14.9. The quantitative estimate of drug-likeness (QED) is 0.685. The van der Waals surface area contributed by atoms with Gasteiger partial charge in [-0.2, -0.15) is 0 Å². The zero-order valence-electron chi connectivity index (χ0n) is 9.05. The van der Waals surface area contributed by atoms with Gasteiger partial charge in [0.05, 0.1) is 0 Å². The molecule has 1 atom stereocenters. The van der Waals surface area contributed by atoms with Gasteiger partial charge >= 0.3 is 0 Å². The maximum Gasteiger partial charge on any atom is 0.0365 e. The molecule has 0 bridgehead atoms. The fourth-order valence-corrected chi connectivity index (χ4v) is 3.06. The second-order valence-electron chi connectivity index (χ2n) is 4.71. The lowest BCUT2D eigenvalue weighted by molar-refractivity contribution is 0.643. The smallest absolute Gasteiger partial charge is 0.0365 e. The van der Waals surface area contributed by atoms with Crippen LogP contribution in [0.25, 0.3) is 0 Å². The van der Waals surface area contributed by atoms with Gasteiger partial charge in [0, 0.05) is 11.7 Å². The molecule has 0 aromatic heterocycles. The molecule has 1 heterocycles. The third-order valence-corrected chi connectivity index (χ3v) is 3.77. The first-order valence-electron chi connectivity index (χ1n) is 6.00. The Balaban J connectivity index is 2.08. The first-order chi connectivity index (χ1) is 7.36. The standard InChI is InChI=1S/C13H18N2/c14-11-7-6-9-3-1-4-10(9)13(11)12-5-2-8-15-12/h6-7,12,15H,1-5,8,14H2/t12-/m0/s1. The third kappa shape index (κ3) is 1.44. The summed E-state index contributed by atoms with van der Waals surface area (Å²) in [6.45, 7) is 1.15. The van der Waals surface area contributed by atoms with E-state index < -0.39 is 0 Å². The molecule has 1 aromatic rings. The van der Waals surface area contributed by atoms with Crippen molar-refractivity contribution in [2.24, 2.45) is 0 Å². The molecule has 3 N–H and O–H groups in total. The van der Waals surface area contributed by atoms with Gasteiger partial charge in [0.25, 0.3) is 0 Å². The highest BCUT2D eigenvalue weighted by molar-refractivity contribution is 5.57. The predicted molar refractivity (Wildman–Crippen MR) is 62.9 cm³/mol. The van der Waals surface area contributed by atoms with Crippen molar-refractivity contribution >= 4 is 5.69 Å². The molecular weight excluding hydrogens is 184 g/mol. The fraction of sp³-hybridized carbons (Fsp3) is 0.538. The zero-order chi connectivity index (χ0) is 10.3. The van der Waals surface area contributed by atoms with E-state index in [-0.39, 0.29) is 0 Å². The Morgan fingerprint density at radius 3 is 2.93 bits per heavy atom. The summed E-state index contributed by atoms with van der Waals surface area (Å²) in [5.41, 5.74) is 11.6. The maximum absolute atomic E-state index is 6.13. The van der Waals surface area contributed by atoms with Crippen LogP contribution in [0, 0.1) is 0 Å². The van der Waals surface area contributed by atoms with Crippen LogP contribution >= 0.6 is 0 Å². The Morgan fingerprint density at radius 2 is 2.13 bits per heavy atom. The van der Waals surface area contributed by atoms with Crippen LogP contribution in [-0.4, -0.2) is 6.54 Å². The molecule has 1 saturated heterocycles. The second-order valence-corrected chi connectivity index (χ2v) is 4.71. The SMILES string of the molecule is Nc1ccc2c(c1[C@@H]1CCCN1)CCC2. The lowest BCUT2D eigenvalue weighted by atomic mass is 9.94. The number of benzene rings is 1. The summed E-state index contributed by atoms with van der Waals surface area (Å²) in [6.07, 6.45) is 6.32. The molecule has 0 amide bonds. The topological polar surface area (TPSA) is 38.0 Å². The third-order valence-electron chi connectivity index (χ3n) is 3.77. The molecule has 1 fully saturated rings. The van der Waals surface area contributed by atoms with Crippen molar-refractivity contribution in [3.63, 3.8) is 0 Å². The van der Waals surface area contributed by atoms with Crippen molar-refractivity contribution in [3.8, 4) is 0 Å². The van der Waals surface area contributed by atoms with Crippen LogP contribution < -0.4 is 11.1 Å². The molecule has 1 aliphatic carbocycles. The molecule has 80 valence electrons. The van der Waals surface area contributed by atoms with E-state index in [0.717, 1.165) is 12.2 Å². The van der Waals surface area contributed by atoms with Crippen molar-refractivity contribution in [1.82, 2.24) is 5.32 Å². The van der Waals surface area contributed by atoms with Crippen LogP contribution in [0.15, 0.2) is 12.1 Å². The molecule has 0 unspecified atom stereocenters. The van der Waals surface area contributed by atoms with Crippen LogP contribution in [0.3, 0.4) is 0 Å². The minimum atomic E-state index is 0.526. The highest BCUT2D eigenvalue weighted by Crippen LogP contribution is 2.36. The summed E-state index contributed by atoms with van der Waals surface area (Å²) in [5, 5.41) is 3.56. The summed E-state index contributed by atoms with van der Waals surface area (Å²) < 4.78 is 0. The van der Waals surface area contributed by atoms with E-state index in [4.69, 9.17) is 5.73 Å². The Bertz CT molecular complexity index is 378. The first kappa shape index (κ1) is 9.22. The predicted octanol–water partition coefficient (Wildman–Crippen LogP) is 2.18. The van der Waals surface area contributed by atoms with Gasteiger partial charge in [0.2, 0.25) is 0 Å². The number of anilines is 1. The number of hydrogen-bond donors (Lipinski definition) is 2. The molecule has 0 saturated carbocycles. The van der Waals surface area contributed by atoms with Crippen LogP contribution in [0.5, 0.6) is 0 Å². The molecule has 3 rings (SSSR count). The van der Waals surface area contributed by atoms with Gasteiger partial charge in [-0.3, -0.25) is 0 Å². The number of aryl methyl sites for hydroxylation is 1. The molecule has 0 spiro atoms. The van der Waals surface area contributed by atoms with E-state index in [1.807, 2.05) is 0 Å². The Kier molecular flexibility index (Phi) is 2.17. The number of hydrogen-bond acceptors (Lipinski definition) is 2. The van der Waals surface area contributed by atoms with Gasteiger partial charge in [0.15, 0.2) is 0 Å². The highest BCUT2D eigenvalue weighted by Gasteiger charge is 2.24. The average Bonchev–Trinajstić information content (AvgIpc) is 2.85. The molecule has 2 aliphatic rings. The molecule has 2 nitrogen and oxygen atoms in total. The van der Waals surface area contributed by atoms with Gasteiger partial charge in [-0.25, -0.2) is 0 Å². The molecule has 1 aromatic carbocycles. The normalized spacial score (nSPS) is 24.4. The van der Waals surface area contributed by atoms with Crippen LogP contribution in [-0.2, 0) is 12.8 Å². The van der Waals surface area contributed by atoms with Gasteiger partial charge in [-0.1, -0.05) is 6.07 Å². The van der Waals surface area contributed by atoms with Crippen molar-refractivity contribution in [1.29, 1.82) is 0 Å². The first-order valence-corrected chi connectivity index (χ1v) is 6.00. The lowest BCUT2D eigenvalue weighted by Crippen LogP contribution is -2.16. The number of nitrogens with two attached hydrogens (primary N) is 1. The Hall–Kier alpha value is -1.02. The maximum atomic E-state index is 6.13. The Labute approximate surface area is 90.9 Å². The summed E-state index contributed by atoms with van der Waals surface area (Å²) in [5.74, 6) is 0. The number of nitrogen functional groups attached to an aromatic ring is 1. The van der Waals surface area contributed by atoms with Crippen LogP contribution in [0.1, 0.15) is 42.0 Å². The van der Waals surface area contributed by atoms with Crippen LogP contribution in [0.2, 0.25) is 0 Å². The van der Waals surface area contributed by atoms with E-state index in [0.29, 0.717) is 6.04 Å². The summed E-state index contributed by atoms with van der Waals surface area (Å²) in [6, 6.07) is 4.84. The van der Waals surface area contributed by atoms with Crippen molar-refractivity contribution in [3.05, 3.63) is 28.8 Å². The van der Waals surface area contributed by atoms with Crippen molar-refractivity contribution < 1.29 is 0 Å². The van der Waals surface area contributed by atoms with Gasteiger partial charge in [-0.15, -0.1) is 0 Å². The van der Waals surface area contributed by atoms with Crippen molar-refractivity contribution in [2.75, 3.05) is 12.3 Å². The summed E-state index contributed by atoms with van der Waals surface area (Å²) in [7, 11) is 0. The largest absolute Gasteiger partial charge is 0.398 e. The Morgan fingerprint density at radius 1 is 1.20 bits per heavy atom. The summed E-state index contributed by atoms with van der Waals surface area (Å²) >= 11 is 0. The minimum absolute atomic E-state index is 0.526. The van der Waals surface area contributed by atoms with E-state index in [1.165, 1.54) is 43.2 Å². The fourth-order valence-electron chi connectivity index (χ4n) is 3.06. The zero-order valence-corrected chi connectivity index (χ0v) is 9.05. The molecular formula is C13H18N2. The molecule has 1 aliphatic heterocycles. The minimum Gasteiger partial charge on any atom is -0.398 e. The number of nitrogens with one attached hydrogen (secondary N) is 1. The van der Waals surface area contributed by atoms with E-state index in [2.05, 4.69) is 17.4 Å². The average molecular weight is 202 g/mol. The van der Waals surface area contributed by atoms with Gasteiger partial charge in [0.1, 0.15) is 0 Å². The molecule has 15 heavy (non-hydrogen) atoms. The monoisotopic (exact) mass is 202 g/mol. The van der Waals surface area contributed by atoms with Gasteiger partial charge < -0.3 is 11.1 Å². The van der Waals surface area contributed by atoms with Crippen LogP contribution in [0.4, 0.5) is 5.69 Å². The van der Waals surface area contributed by atoms with E-state index in [1.54, 1.807) is 5.56 Å². The van der Waals surface area contributed by atoms with Crippen molar-refractivity contribution in [2.45, 2.75) is 38.1 Å². The molecule has 2 heteroatoms. The second kappa shape index (κ2) is 3.53. The summed E-state index contributed by atoms with van der Waals surface area (Å²) in [4.78, 5) is 0. The number of fused-ring (bicyclic) bond motifs is 1. The molecule has 0 radical (unpaired) electrons. The lowest BCUT2D eigenvalue weighted by Gasteiger charge is -2.18. The number of rotatable bonds is 1. The van der Waals surface area contributed by atoms with E-state index in [9.17, 15) is 0 Å². The van der Waals surface area contributed by atoms with Gasteiger partial charge in [-0.05, 0) is 61.4 Å². The van der Waals surface area contributed by atoms with E-state index >= 15 is 0 Å².